The van der Waals surface area contributed by atoms with Gasteiger partial charge < -0.3 is 4.84 Å². The molecular formula is C24H45NO2. The third-order valence-corrected chi connectivity index (χ3v) is 5.69. The SMILES string of the molecule is CCCCCCCCCCCCCCC1CC(C(=O)CCCCCC)=NO1. The van der Waals surface area contributed by atoms with Crippen molar-refractivity contribution in [1.82, 2.24) is 0 Å². The van der Waals surface area contributed by atoms with Crippen molar-refractivity contribution < 1.29 is 9.63 Å². The number of hydrogen-bond acceptors (Lipinski definition) is 3. The summed E-state index contributed by atoms with van der Waals surface area (Å²) in [5.41, 5.74) is 0.690. The van der Waals surface area contributed by atoms with E-state index in [0.717, 1.165) is 25.7 Å². The molecule has 0 aliphatic carbocycles. The van der Waals surface area contributed by atoms with Gasteiger partial charge in [0.05, 0.1) is 0 Å². The second-order valence-electron chi connectivity index (χ2n) is 8.38. The van der Waals surface area contributed by atoms with Crippen LogP contribution in [0.15, 0.2) is 5.16 Å². The van der Waals surface area contributed by atoms with Crippen LogP contribution in [0.1, 0.15) is 136 Å². The van der Waals surface area contributed by atoms with Crippen LogP contribution in [-0.4, -0.2) is 17.6 Å². The molecule has 0 aromatic heterocycles. The Morgan fingerprint density at radius 1 is 0.778 bits per heavy atom. The Balaban J connectivity index is 1.88. The minimum atomic E-state index is 0.155. The molecule has 0 spiro atoms. The van der Waals surface area contributed by atoms with Crippen LogP contribution in [0, 0.1) is 0 Å². The molecule has 158 valence electrons. The predicted octanol–water partition coefficient (Wildman–Crippen LogP) is 7.76. The first-order valence-electron chi connectivity index (χ1n) is 12.0. The number of hydrogen-bond donors (Lipinski definition) is 0. The number of carbonyl (C=O) groups is 1. The molecule has 0 N–H and O–H groups in total. The fourth-order valence-electron chi connectivity index (χ4n) is 3.82. The van der Waals surface area contributed by atoms with E-state index < -0.39 is 0 Å². The van der Waals surface area contributed by atoms with Gasteiger partial charge in [0.1, 0.15) is 11.8 Å². The van der Waals surface area contributed by atoms with E-state index in [-0.39, 0.29) is 11.9 Å². The molecule has 1 aliphatic rings. The molecule has 0 amide bonds. The Bertz CT molecular complexity index is 392. The second-order valence-corrected chi connectivity index (χ2v) is 8.38. The molecule has 27 heavy (non-hydrogen) atoms. The summed E-state index contributed by atoms with van der Waals surface area (Å²) in [6, 6.07) is 0. The lowest BCUT2D eigenvalue weighted by atomic mass is 10.00. The van der Waals surface area contributed by atoms with Gasteiger partial charge >= 0.3 is 0 Å². The molecule has 0 saturated heterocycles. The summed E-state index contributed by atoms with van der Waals surface area (Å²) in [6.07, 6.45) is 23.6. The summed E-state index contributed by atoms with van der Waals surface area (Å²) in [5.74, 6) is 0.211. The van der Waals surface area contributed by atoms with Crippen LogP contribution in [0.5, 0.6) is 0 Å². The van der Waals surface area contributed by atoms with Gasteiger partial charge in [-0.3, -0.25) is 4.79 Å². The summed E-state index contributed by atoms with van der Waals surface area (Å²) in [5, 5.41) is 4.06. The Hall–Kier alpha value is -0.860. The van der Waals surface area contributed by atoms with Crippen molar-refractivity contribution >= 4 is 11.5 Å². The van der Waals surface area contributed by atoms with Crippen molar-refractivity contribution in [2.45, 2.75) is 142 Å². The Morgan fingerprint density at radius 3 is 1.81 bits per heavy atom. The summed E-state index contributed by atoms with van der Waals surface area (Å²) >= 11 is 0. The molecule has 0 fully saturated rings. The maximum atomic E-state index is 12.1. The molecule has 3 nitrogen and oxygen atoms in total. The van der Waals surface area contributed by atoms with Gasteiger partial charge in [0.15, 0.2) is 5.78 Å². The number of rotatable bonds is 19. The smallest absolute Gasteiger partial charge is 0.180 e. The van der Waals surface area contributed by atoms with Gasteiger partial charge in [0.25, 0.3) is 0 Å². The van der Waals surface area contributed by atoms with Gasteiger partial charge in [-0.1, -0.05) is 109 Å². The lowest BCUT2D eigenvalue weighted by Gasteiger charge is -2.07. The van der Waals surface area contributed by atoms with Crippen molar-refractivity contribution in [3.8, 4) is 0 Å². The zero-order chi connectivity index (χ0) is 19.6. The van der Waals surface area contributed by atoms with E-state index in [1.165, 1.54) is 89.9 Å². The van der Waals surface area contributed by atoms with Crippen LogP contribution in [0.25, 0.3) is 0 Å². The van der Waals surface area contributed by atoms with Crippen molar-refractivity contribution in [2.75, 3.05) is 0 Å². The number of oxime groups is 1. The van der Waals surface area contributed by atoms with Gasteiger partial charge in [0.2, 0.25) is 0 Å². The van der Waals surface area contributed by atoms with E-state index in [2.05, 4.69) is 19.0 Å². The molecule has 0 aromatic rings. The lowest BCUT2D eigenvalue weighted by molar-refractivity contribution is -0.113. The van der Waals surface area contributed by atoms with Crippen LogP contribution < -0.4 is 0 Å². The van der Waals surface area contributed by atoms with Gasteiger partial charge in [0, 0.05) is 12.8 Å². The zero-order valence-electron chi connectivity index (χ0n) is 18.3. The number of ketones is 1. The molecule has 0 radical (unpaired) electrons. The van der Waals surface area contributed by atoms with E-state index in [4.69, 9.17) is 4.84 Å². The number of unbranched alkanes of at least 4 members (excludes halogenated alkanes) is 14. The van der Waals surface area contributed by atoms with Crippen LogP contribution in [0.4, 0.5) is 0 Å². The van der Waals surface area contributed by atoms with Crippen LogP contribution >= 0.6 is 0 Å². The first-order valence-corrected chi connectivity index (χ1v) is 12.0. The van der Waals surface area contributed by atoms with E-state index in [1.54, 1.807) is 0 Å². The number of nitrogens with zero attached hydrogens (tertiary/aromatic N) is 1. The van der Waals surface area contributed by atoms with E-state index in [0.29, 0.717) is 12.1 Å². The van der Waals surface area contributed by atoms with Gasteiger partial charge in [-0.15, -0.1) is 0 Å². The highest BCUT2D eigenvalue weighted by molar-refractivity contribution is 6.40. The van der Waals surface area contributed by atoms with E-state index in [9.17, 15) is 4.79 Å². The Morgan fingerprint density at radius 2 is 1.26 bits per heavy atom. The molecule has 1 rings (SSSR count). The first kappa shape index (κ1) is 24.2. The molecule has 1 atom stereocenters. The number of Topliss-reactive ketones (excluding diaryl/α,β-unsaturated/α-hetero) is 1. The molecule has 3 heteroatoms. The summed E-state index contributed by atoms with van der Waals surface area (Å²) in [7, 11) is 0. The molecular weight excluding hydrogens is 334 g/mol. The molecule has 1 aliphatic heterocycles. The molecule has 1 unspecified atom stereocenters. The average molecular weight is 380 g/mol. The third kappa shape index (κ3) is 13.0. The van der Waals surface area contributed by atoms with Gasteiger partial charge in [-0.25, -0.2) is 0 Å². The third-order valence-electron chi connectivity index (χ3n) is 5.69. The largest absolute Gasteiger partial charge is 0.392 e. The second kappa shape index (κ2) is 17.3. The highest BCUT2D eigenvalue weighted by Gasteiger charge is 2.24. The molecule has 0 bridgehead atoms. The maximum absolute atomic E-state index is 12.1. The van der Waals surface area contributed by atoms with Gasteiger partial charge in [-0.2, -0.15) is 0 Å². The van der Waals surface area contributed by atoms with Crippen LogP contribution in [0.2, 0.25) is 0 Å². The monoisotopic (exact) mass is 379 g/mol. The zero-order valence-corrected chi connectivity index (χ0v) is 18.3. The quantitative estimate of drug-likeness (QED) is 0.215. The Kier molecular flexibility index (Phi) is 15.4. The van der Waals surface area contributed by atoms with Crippen molar-refractivity contribution in [3.63, 3.8) is 0 Å². The first-order chi connectivity index (χ1) is 13.3. The van der Waals surface area contributed by atoms with Crippen molar-refractivity contribution in [1.29, 1.82) is 0 Å². The maximum Gasteiger partial charge on any atom is 0.180 e. The normalized spacial score (nSPS) is 16.4. The fourth-order valence-corrected chi connectivity index (χ4v) is 3.82. The summed E-state index contributed by atoms with van der Waals surface area (Å²) in [6.45, 7) is 4.47. The predicted molar refractivity (Wildman–Crippen MR) is 116 cm³/mol. The van der Waals surface area contributed by atoms with Crippen LogP contribution in [0.3, 0.4) is 0 Å². The minimum Gasteiger partial charge on any atom is -0.392 e. The van der Waals surface area contributed by atoms with Crippen LogP contribution in [-0.2, 0) is 9.63 Å². The Labute approximate surface area is 168 Å². The highest BCUT2D eigenvalue weighted by atomic mass is 16.6. The molecule has 0 saturated carbocycles. The van der Waals surface area contributed by atoms with Gasteiger partial charge in [-0.05, 0) is 19.3 Å². The highest BCUT2D eigenvalue weighted by Crippen LogP contribution is 2.20. The number of carbonyl (C=O) groups excluding carboxylic acids is 1. The molecule has 0 aromatic carbocycles. The lowest BCUT2D eigenvalue weighted by Crippen LogP contribution is -2.15. The standard InChI is InChI=1S/C24H45NO2/c1-3-5-7-9-10-11-12-13-14-15-16-17-19-22-21-23(25-27-22)24(26)20-18-8-6-4-2/h22H,3-21H2,1-2H3. The summed E-state index contributed by atoms with van der Waals surface area (Å²) in [4.78, 5) is 17.6. The van der Waals surface area contributed by atoms with E-state index >= 15 is 0 Å². The van der Waals surface area contributed by atoms with Crippen molar-refractivity contribution in [2.24, 2.45) is 5.16 Å². The fraction of sp³-hybridized carbons (Fsp3) is 0.917. The topological polar surface area (TPSA) is 38.7 Å². The van der Waals surface area contributed by atoms with E-state index in [1.807, 2.05) is 0 Å². The average Bonchev–Trinajstić information content (AvgIpc) is 3.15. The minimum absolute atomic E-state index is 0.155. The summed E-state index contributed by atoms with van der Waals surface area (Å²) < 4.78 is 0. The van der Waals surface area contributed by atoms with Crippen molar-refractivity contribution in [3.05, 3.63) is 0 Å². The molecule has 1 heterocycles.